The lowest BCUT2D eigenvalue weighted by Crippen LogP contribution is -2.49. The van der Waals surface area contributed by atoms with Gasteiger partial charge in [-0.1, -0.05) is 47.6 Å². The first-order valence-electron chi connectivity index (χ1n) is 16.7. The number of aliphatic imine (C=N–C) groups is 1. The topological polar surface area (TPSA) is 120 Å². The Balaban J connectivity index is 1.96. The molecule has 1 aromatic carbocycles. The van der Waals surface area contributed by atoms with Gasteiger partial charge in [-0.05, 0) is 110 Å². The molecule has 0 aromatic heterocycles. The van der Waals surface area contributed by atoms with Gasteiger partial charge >= 0.3 is 5.97 Å². The highest BCUT2D eigenvalue weighted by Gasteiger charge is 2.43. The molecule has 0 fully saturated rings. The Morgan fingerprint density at radius 2 is 1.87 bits per heavy atom. The number of anilines is 1. The van der Waals surface area contributed by atoms with Gasteiger partial charge in [0, 0.05) is 41.7 Å². The minimum absolute atomic E-state index is 0.140. The SMILES string of the molecule is CC/N=C1\C=C2C(=C(C#N)c3cc4c(cc3C2(C)C)N(CCCC(=O)OCC)C(C)(C)CC4C)C=C1/C(=C\C(C)(C)C)CS(=O)(=O)O. The highest BCUT2D eigenvalue weighted by Crippen LogP contribution is 2.53. The average Bonchev–Trinajstić information content (AvgIpc) is 2.93. The first kappa shape index (κ1) is 36.4. The third-order valence-electron chi connectivity index (χ3n) is 9.35. The Morgan fingerprint density at radius 1 is 1.19 bits per heavy atom. The molecular weight excluding hydrogens is 611 g/mol. The molecule has 47 heavy (non-hydrogen) atoms. The molecule has 1 atom stereocenters. The van der Waals surface area contributed by atoms with Crippen molar-refractivity contribution in [3.63, 3.8) is 0 Å². The number of esters is 1. The van der Waals surface area contributed by atoms with E-state index in [2.05, 4.69) is 57.7 Å². The van der Waals surface area contributed by atoms with Gasteiger partial charge in [0.05, 0.1) is 17.9 Å². The Labute approximate surface area is 281 Å². The summed E-state index contributed by atoms with van der Waals surface area (Å²) in [6.07, 6.45) is 7.72. The van der Waals surface area contributed by atoms with Crippen LogP contribution in [0.25, 0.3) is 5.57 Å². The predicted molar refractivity (Wildman–Crippen MR) is 190 cm³/mol. The molecule has 1 N–H and O–H groups in total. The van der Waals surface area contributed by atoms with Crippen molar-refractivity contribution in [2.24, 2.45) is 10.4 Å². The summed E-state index contributed by atoms with van der Waals surface area (Å²) in [5.74, 6) is -0.491. The number of rotatable bonds is 9. The lowest BCUT2D eigenvalue weighted by Gasteiger charge is -2.49. The lowest BCUT2D eigenvalue weighted by molar-refractivity contribution is -0.143. The van der Waals surface area contributed by atoms with Crippen LogP contribution in [0.2, 0.25) is 0 Å². The first-order valence-corrected chi connectivity index (χ1v) is 18.3. The van der Waals surface area contributed by atoms with E-state index < -0.39 is 21.3 Å². The minimum atomic E-state index is -4.35. The van der Waals surface area contributed by atoms with Crippen molar-refractivity contribution in [2.45, 2.75) is 105 Å². The Bertz CT molecular complexity index is 1760. The van der Waals surface area contributed by atoms with E-state index in [1.54, 1.807) is 0 Å². The van der Waals surface area contributed by atoms with E-state index in [1.807, 2.05) is 52.8 Å². The third kappa shape index (κ3) is 7.65. The van der Waals surface area contributed by atoms with Crippen LogP contribution in [0.1, 0.15) is 111 Å². The maximum Gasteiger partial charge on any atom is 0.305 e. The third-order valence-corrected chi connectivity index (χ3v) is 10.0. The predicted octanol–water partition coefficient (Wildman–Crippen LogP) is 7.88. The molecule has 1 unspecified atom stereocenters. The molecular formula is C38H51N3O5S. The maximum absolute atomic E-state index is 12.2. The number of hydrogen-bond acceptors (Lipinski definition) is 7. The first-order chi connectivity index (χ1) is 21.7. The van der Waals surface area contributed by atoms with Gasteiger partial charge in [0.2, 0.25) is 0 Å². The Kier molecular flexibility index (Phi) is 10.2. The van der Waals surface area contributed by atoms with E-state index in [0.29, 0.717) is 55.0 Å². The van der Waals surface area contributed by atoms with E-state index in [1.165, 1.54) is 5.56 Å². The molecule has 0 radical (unpaired) electrons. The summed E-state index contributed by atoms with van der Waals surface area (Å²) in [4.78, 5) is 19.4. The van der Waals surface area contributed by atoms with Crippen molar-refractivity contribution in [1.82, 2.24) is 0 Å². The van der Waals surface area contributed by atoms with Crippen LogP contribution < -0.4 is 4.90 Å². The van der Waals surface area contributed by atoms with Crippen LogP contribution >= 0.6 is 0 Å². The number of benzene rings is 1. The van der Waals surface area contributed by atoms with Crippen molar-refractivity contribution < 1.29 is 22.5 Å². The second-order valence-electron chi connectivity index (χ2n) is 15.2. The number of ether oxygens (including phenoxy) is 1. The normalized spacial score (nSPS) is 21.3. The molecule has 1 aliphatic heterocycles. The van der Waals surface area contributed by atoms with Crippen molar-refractivity contribution >= 4 is 33.1 Å². The summed E-state index contributed by atoms with van der Waals surface area (Å²) in [6.45, 7) is 22.3. The van der Waals surface area contributed by atoms with Crippen molar-refractivity contribution in [1.29, 1.82) is 5.26 Å². The van der Waals surface area contributed by atoms with Gasteiger partial charge in [-0.25, -0.2) is 0 Å². The molecule has 0 bridgehead atoms. The van der Waals surface area contributed by atoms with Crippen LogP contribution in [-0.2, 0) is 25.1 Å². The van der Waals surface area contributed by atoms with E-state index in [0.717, 1.165) is 34.4 Å². The fourth-order valence-corrected chi connectivity index (χ4v) is 8.12. The molecule has 1 aromatic rings. The summed E-state index contributed by atoms with van der Waals surface area (Å²) in [7, 11) is -4.35. The van der Waals surface area contributed by atoms with E-state index in [-0.39, 0.29) is 22.8 Å². The summed E-state index contributed by atoms with van der Waals surface area (Å²) in [6, 6.07) is 6.94. The maximum atomic E-state index is 12.2. The van der Waals surface area contributed by atoms with Crippen LogP contribution in [0, 0.1) is 16.7 Å². The van der Waals surface area contributed by atoms with Gasteiger partial charge in [0.25, 0.3) is 10.1 Å². The van der Waals surface area contributed by atoms with E-state index >= 15 is 0 Å². The summed E-state index contributed by atoms with van der Waals surface area (Å²) in [5, 5.41) is 10.7. The van der Waals surface area contributed by atoms with Crippen LogP contribution in [0.4, 0.5) is 5.69 Å². The van der Waals surface area contributed by atoms with Crippen LogP contribution in [0.3, 0.4) is 0 Å². The number of hydrogen-bond donors (Lipinski definition) is 1. The molecule has 9 heteroatoms. The average molecular weight is 662 g/mol. The minimum Gasteiger partial charge on any atom is -0.466 e. The van der Waals surface area contributed by atoms with Crippen LogP contribution in [0.15, 0.2) is 57.6 Å². The smallest absolute Gasteiger partial charge is 0.305 e. The second kappa shape index (κ2) is 13.2. The zero-order chi connectivity index (χ0) is 35.1. The van der Waals surface area contributed by atoms with E-state index in [4.69, 9.17) is 9.73 Å². The highest BCUT2D eigenvalue weighted by molar-refractivity contribution is 7.86. The van der Waals surface area contributed by atoms with Gasteiger partial charge < -0.3 is 9.64 Å². The summed E-state index contributed by atoms with van der Waals surface area (Å²) in [5.41, 5.74) is 7.10. The Hall–Kier alpha value is -3.48. The largest absolute Gasteiger partial charge is 0.466 e. The zero-order valence-electron chi connectivity index (χ0n) is 29.7. The van der Waals surface area contributed by atoms with E-state index in [9.17, 15) is 23.0 Å². The summed E-state index contributed by atoms with van der Waals surface area (Å²) >= 11 is 0. The molecule has 3 aliphatic rings. The molecule has 0 saturated heterocycles. The number of carbonyl (C=O) groups is 1. The molecule has 2 aliphatic carbocycles. The fraction of sp³-hybridized carbons (Fsp3) is 0.553. The summed E-state index contributed by atoms with van der Waals surface area (Å²) < 4.78 is 39.5. The van der Waals surface area contributed by atoms with Gasteiger partial charge in [0.15, 0.2) is 0 Å². The van der Waals surface area contributed by atoms with Crippen molar-refractivity contribution in [3.05, 3.63) is 69.3 Å². The quantitative estimate of drug-likeness (QED) is 0.211. The van der Waals surface area contributed by atoms with Gasteiger partial charge in [-0.15, -0.1) is 0 Å². The van der Waals surface area contributed by atoms with Crippen molar-refractivity contribution in [2.75, 3.05) is 30.3 Å². The molecule has 254 valence electrons. The highest BCUT2D eigenvalue weighted by atomic mass is 32.2. The van der Waals surface area contributed by atoms with Crippen LogP contribution in [0.5, 0.6) is 0 Å². The molecule has 4 rings (SSSR count). The molecule has 0 amide bonds. The fourth-order valence-electron chi connectivity index (χ4n) is 7.49. The number of nitriles is 1. The number of nitrogens with zero attached hydrogens (tertiary/aromatic N) is 3. The molecule has 0 saturated carbocycles. The monoisotopic (exact) mass is 661 g/mol. The number of allylic oxidation sites excluding steroid dienone is 7. The van der Waals surface area contributed by atoms with Gasteiger partial charge in [-0.2, -0.15) is 13.7 Å². The standard InChI is InChI=1S/C38H51N3O5S/c1-11-40-33-18-31-29(17-27(33)25(21-36(4,5)6)23-47(43,44)45)30(22-39)28-16-26-24(3)20-37(7,8)41(15-13-14-35(42)46-12-2)34(26)19-32(28)38(31,9)10/h16-19,21,24H,11-15,20,23H2,1-10H3,(H,43,44,45)/b25-21-,40-33+. The van der Waals surface area contributed by atoms with Crippen LogP contribution in [-0.4, -0.2) is 55.6 Å². The molecule has 0 spiro atoms. The van der Waals surface area contributed by atoms with Crippen molar-refractivity contribution in [3.8, 4) is 6.07 Å². The lowest BCUT2D eigenvalue weighted by atomic mass is 9.63. The number of carbonyl (C=O) groups excluding carboxylic acids is 1. The second-order valence-corrected chi connectivity index (χ2v) is 16.6. The zero-order valence-corrected chi connectivity index (χ0v) is 30.6. The molecule has 8 nitrogen and oxygen atoms in total. The Morgan fingerprint density at radius 3 is 2.45 bits per heavy atom. The van der Waals surface area contributed by atoms with Gasteiger partial charge in [-0.3, -0.25) is 14.3 Å². The van der Waals surface area contributed by atoms with Gasteiger partial charge in [0.1, 0.15) is 11.8 Å². The molecule has 1 heterocycles. The number of fused-ring (bicyclic) bond motifs is 3.